The lowest BCUT2D eigenvalue weighted by Gasteiger charge is -2.16. The van der Waals surface area contributed by atoms with E-state index in [1.807, 2.05) is 0 Å². The summed E-state index contributed by atoms with van der Waals surface area (Å²) >= 11 is 0. The second-order valence-electron chi connectivity index (χ2n) is 5.92. The van der Waals surface area contributed by atoms with Gasteiger partial charge >= 0.3 is 0 Å². The molecule has 0 radical (unpaired) electrons. The van der Waals surface area contributed by atoms with Gasteiger partial charge in [0.25, 0.3) is 11.4 Å². The van der Waals surface area contributed by atoms with Crippen LogP contribution in [0.4, 0.5) is 23.0 Å². The lowest BCUT2D eigenvalue weighted by atomic mass is 10.2. The van der Waals surface area contributed by atoms with Gasteiger partial charge in [0.15, 0.2) is 22.6 Å². The quantitative estimate of drug-likeness (QED) is 0.383. The molecule has 0 amide bonds. The Kier molecular flexibility index (Phi) is 4.05. The fourth-order valence-electron chi connectivity index (χ4n) is 2.92. The minimum Gasteiger partial charge on any atom is -0.281 e. The number of hydrogen-bond acceptors (Lipinski definition) is 9. The summed E-state index contributed by atoms with van der Waals surface area (Å²) < 4.78 is 2.70. The molecule has 0 atom stereocenters. The van der Waals surface area contributed by atoms with Crippen LogP contribution in [0.25, 0.3) is 11.4 Å². The molecule has 1 aromatic heterocycles. The molecule has 4 rings (SSSR count). The third-order valence-corrected chi connectivity index (χ3v) is 4.28. The molecule has 29 heavy (non-hydrogen) atoms. The molecular weight excluding hydrogens is 384 g/mol. The summed E-state index contributed by atoms with van der Waals surface area (Å²) in [5, 5.41) is 38.6. The number of fused-ring (bicyclic) bond motifs is 1. The molecule has 13 heteroatoms. The SMILES string of the molecule is N=c1c(=N)n(-c2ccc([N+](=O)[O-])cc2)c2c(n1-c1ccc([N+](=O)[O-])cc1)NON2. The van der Waals surface area contributed by atoms with Gasteiger partial charge in [-0.3, -0.25) is 40.2 Å². The van der Waals surface area contributed by atoms with Crippen molar-refractivity contribution in [3.63, 3.8) is 0 Å². The first-order chi connectivity index (χ1) is 13.9. The van der Waals surface area contributed by atoms with Crippen LogP contribution in [0.1, 0.15) is 0 Å². The molecule has 0 aliphatic carbocycles. The number of nitrogens with zero attached hydrogens (tertiary/aromatic N) is 4. The third kappa shape index (κ3) is 2.87. The monoisotopic (exact) mass is 396 g/mol. The van der Waals surface area contributed by atoms with Crippen LogP contribution in [-0.2, 0) is 4.94 Å². The first kappa shape index (κ1) is 17.9. The highest BCUT2D eigenvalue weighted by Crippen LogP contribution is 2.29. The highest BCUT2D eigenvalue weighted by atomic mass is 16.8. The molecule has 3 aromatic rings. The maximum Gasteiger partial charge on any atom is 0.269 e. The number of rotatable bonds is 4. The van der Waals surface area contributed by atoms with Crippen molar-refractivity contribution >= 4 is 23.0 Å². The van der Waals surface area contributed by atoms with Crippen molar-refractivity contribution < 1.29 is 14.8 Å². The number of nitro benzene ring substituents is 2. The summed E-state index contributed by atoms with van der Waals surface area (Å²) in [6, 6.07) is 11.0. The normalized spacial score (nSPS) is 12.0. The Labute approximate surface area is 160 Å². The van der Waals surface area contributed by atoms with Gasteiger partial charge in [-0.2, -0.15) is 4.94 Å². The number of non-ortho nitro benzene ring substituents is 2. The second-order valence-corrected chi connectivity index (χ2v) is 5.92. The molecular formula is C16H12N8O5. The zero-order chi connectivity index (χ0) is 20.7. The molecule has 2 aromatic carbocycles. The van der Waals surface area contributed by atoms with Gasteiger partial charge < -0.3 is 0 Å². The van der Waals surface area contributed by atoms with Gasteiger partial charge in [0.2, 0.25) is 0 Å². The molecule has 0 bridgehead atoms. The zero-order valence-corrected chi connectivity index (χ0v) is 14.4. The van der Waals surface area contributed by atoms with Crippen LogP contribution in [0, 0.1) is 31.0 Å². The lowest BCUT2D eigenvalue weighted by molar-refractivity contribution is -0.385. The average molecular weight is 396 g/mol. The van der Waals surface area contributed by atoms with E-state index in [1.165, 1.54) is 57.7 Å². The van der Waals surface area contributed by atoms with Crippen molar-refractivity contribution in [3.8, 4) is 11.4 Å². The van der Waals surface area contributed by atoms with Crippen LogP contribution < -0.4 is 21.9 Å². The van der Waals surface area contributed by atoms with Crippen molar-refractivity contribution in [1.82, 2.24) is 9.13 Å². The molecule has 0 saturated heterocycles. The largest absolute Gasteiger partial charge is 0.281 e. The second kappa shape index (κ2) is 6.58. The molecule has 0 spiro atoms. The predicted octanol–water partition coefficient (Wildman–Crippen LogP) is 1.73. The van der Waals surface area contributed by atoms with E-state index in [0.29, 0.717) is 11.4 Å². The standard InChI is InChI=1S/C16H12N8O5/c17-13-14(18)22(10-3-7-12(8-4-10)24(27)28)16-15(19-29-20-16)21(13)9-1-5-11(6-2-9)23(25)26/h1-8,17-20H. The number of nitro groups is 2. The van der Waals surface area contributed by atoms with Crippen molar-refractivity contribution in [3.05, 3.63) is 79.7 Å². The smallest absolute Gasteiger partial charge is 0.269 e. The summed E-state index contributed by atoms with van der Waals surface area (Å²) in [5.41, 5.74) is 5.31. The first-order valence-corrected chi connectivity index (χ1v) is 8.07. The fourth-order valence-corrected chi connectivity index (χ4v) is 2.92. The minimum absolute atomic E-state index is 0.108. The fraction of sp³-hybridized carbons (Fsp3) is 0. The number of aromatic nitrogens is 2. The van der Waals surface area contributed by atoms with E-state index in [9.17, 15) is 20.2 Å². The highest BCUT2D eigenvalue weighted by molar-refractivity contribution is 5.67. The van der Waals surface area contributed by atoms with Gasteiger partial charge in [0, 0.05) is 35.6 Å². The topological polar surface area (TPSA) is 177 Å². The molecule has 4 N–H and O–H groups in total. The van der Waals surface area contributed by atoms with Crippen LogP contribution in [0.5, 0.6) is 0 Å². The Bertz CT molecular complexity index is 1160. The maximum absolute atomic E-state index is 10.9. The van der Waals surface area contributed by atoms with Crippen LogP contribution >= 0.6 is 0 Å². The summed E-state index contributed by atoms with van der Waals surface area (Å²) in [5.74, 6) is 0.552. The summed E-state index contributed by atoms with van der Waals surface area (Å²) in [7, 11) is 0. The molecule has 1 aliphatic rings. The van der Waals surface area contributed by atoms with Crippen molar-refractivity contribution in [1.29, 1.82) is 10.8 Å². The summed E-state index contributed by atoms with van der Waals surface area (Å²) in [6.07, 6.45) is 0. The Morgan fingerprint density at radius 1 is 0.724 bits per heavy atom. The van der Waals surface area contributed by atoms with E-state index in [2.05, 4.69) is 11.0 Å². The number of benzene rings is 2. The van der Waals surface area contributed by atoms with Crippen LogP contribution in [0.15, 0.2) is 48.5 Å². The Morgan fingerprint density at radius 2 is 1.07 bits per heavy atom. The van der Waals surface area contributed by atoms with E-state index in [-0.39, 0.29) is 34.0 Å². The van der Waals surface area contributed by atoms with Gasteiger partial charge in [0.1, 0.15) is 0 Å². The molecule has 1 aliphatic heterocycles. The van der Waals surface area contributed by atoms with Crippen LogP contribution in [0.3, 0.4) is 0 Å². The molecule has 2 heterocycles. The average Bonchev–Trinajstić information content (AvgIpc) is 3.18. The van der Waals surface area contributed by atoms with Crippen LogP contribution in [0.2, 0.25) is 0 Å². The number of nitrogens with one attached hydrogen (secondary N) is 4. The Hall–Kier alpha value is -4.52. The first-order valence-electron chi connectivity index (χ1n) is 8.07. The van der Waals surface area contributed by atoms with E-state index in [0.717, 1.165) is 0 Å². The van der Waals surface area contributed by atoms with Gasteiger partial charge in [0.05, 0.1) is 9.85 Å². The van der Waals surface area contributed by atoms with Crippen LogP contribution in [-0.4, -0.2) is 19.0 Å². The summed E-state index contributed by atoms with van der Waals surface area (Å²) in [4.78, 5) is 25.7. The Morgan fingerprint density at radius 3 is 1.38 bits per heavy atom. The Balaban J connectivity index is 1.92. The van der Waals surface area contributed by atoms with Crippen molar-refractivity contribution in [2.75, 3.05) is 11.0 Å². The minimum atomic E-state index is -0.535. The number of anilines is 2. The molecule has 0 unspecified atom stereocenters. The van der Waals surface area contributed by atoms with Crippen molar-refractivity contribution in [2.24, 2.45) is 0 Å². The van der Waals surface area contributed by atoms with E-state index >= 15 is 0 Å². The molecule has 146 valence electrons. The maximum atomic E-state index is 10.9. The van der Waals surface area contributed by atoms with E-state index < -0.39 is 9.85 Å². The van der Waals surface area contributed by atoms with Gasteiger partial charge in [-0.25, -0.2) is 11.0 Å². The molecule has 0 saturated carbocycles. The molecule has 0 fully saturated rings. The van der Waals surface area contributed by atoms with Gasteiger partial charge in [-0.1, -0.05) is 0 Å². The van der Waals surface area contributed by atoms with Gasteiger partial charge in [-0.05, 0) is 24.3 Å². The third-order valence-electron chi connectivity index (χ3n) is 4.28. The summed E-state index contributed by atoms with van der Waals surface area (Å²) in [6.45, 7) is 0. The lowest BCUT2D eigenvalue weighted by Crippen LogP contribution is -2.41. The number of hydrogen-bond donors (Lipinski definition) is 4. The van der Waals surface area contributed by atoms with Gasteiger partial charge in [-0.15, -0.1) is 0 Å². The van der Waals surface area contributed by atoms with E-state index in [1.54, 1.807) is 0 Å². The molecule has 13 nitrogen and oxygen atoms in total. The highest BCUT2D eigenvalue weighted by Gasteiger charge is 2.23. The predicted molar refractivity (Wildman–Crippen MR) is 98.4 cm³/mol. The van der Waals surface area contributed by atoms with E-state index in [4.69, 9.17) is 15.8 Å². The zero-order valence-electron chi connectivity index (χ0n) is 14.4. The van der Waals surface area contributed by atoms with Crippen molar-refractivity contribution in [2.45, 2.75) is 0 Å².